The lowest BCUT2D eigenvalue weighted by Crippen LogP contribution is -2.13. The van der Waals surface area contributed by atoms with E-state index in [4.69, 9.17) is 5.73 Å². The molecule has 1 aromatic carbocycles. The summed E-state index contributed by atoms with van der Waals surface area (Å²) in [6, 6.07) is 16.9. The highest BCUT2D eigenvalue weighted by atomic mass is 15.0. The number of fused-ring (bicyclic) bond motifs is 1. The minimum atomic E-state index is 0.373. The molecular weight excluding hydrogens is 312 g/mol. The van der Waals surface area contributed by atoms with Crippen LogP contribution < -0.4 is 5.73 Å². The van der Waals surface area contributed by atoms with Crippen LogP contribution in [0.3, 0.4) is 0 Å². The van der Waals surface area contributed by atoms with E-state index in [9.17, 15) is 0 Å². The smallest absolute Gasteiger partial charge is 0.180 e. The van der Waals surface area contributed by atoms with Crippen LogP contribution in [0.1, 0.15) is 5.56 Å². The zero-order chi connectivity index (χ0) is 17.1. The summed E-state index contributed by atoms with van der Waals surface area (Å²) in [6.45, 7) is 0. The van der Waals surface area contributed by atoms with Crippen molar-refractivity contribution in [3.63, 3.8) is 0 Å². The topological polar surface area (TPSA) is 89.9 Å². The second kappa shape index (κ2) is 6.45. The van der Waals surface area contributed by atoms with E-state index in [2.05, 4.69) is 24.9 Å². The molecule has 120 valence electrons. The summed E-state index contributed by atoms with van der Waals surface area (Å²) in [4.78, 5) is 22.0. The van der Waals surface area contributed by atoms with E-state index in [0.29, 0.717) is 23.2 Å². The third-order valence-electron chi connectivity index (χ3n) is 3.68. The lowest BCUT2D eigenvalue weighted by Gasteiger charge is -2.06. The molecule has 0 radical (unpaired) electrons. The summed E-state index contributed by atoms with van der Waals surface area (Å²) in [6.07, 6.45) is 5.06. The van der Waals surface area contributed by atoms with Crippen molar-refractivity contribution >= 4 is 22.6 Å². The quantitative estimate of drug-likeness (QED) is 0.461. The van der Waals surface area contributed by atoms with Crippen molar-refractivity contribution in [2.75, 3.05) is 0 Å². The number of nitrogens with zero attached hydrogens (tertiary/aromatic N) is 5. The molecule has 4 rings (SSSR count). The van der Waals surface area contributed by atoms with Gasteiger partial charge in [0, 0.05) is 29.5 Å². The first kappa shape index (κ1) is 14.9. The van der Waals surface area contributed by atoms with E-state index in [1.54, 1.807) is 18.6 Å². The monoisotopic (exact) mass is 326 g/mol. The summed E-state index contributed by atoms with van der Waals surface area (Å²) in [7, 11) is 0. The molecule has 6 heteroatoms. The highest BCUT2D eigenvalue weighted by Gasteiger charge is 2.10. The van der Waals surface area contributed by atoms with Gasteiger partial charge in [0.2, 0.25) is 0 Å². The Balaban J connectivity index is 1.90. The molecule has 0 unspecified atom stereocenters. The van der Waals surface area contributed by atoms with Crippen molar-refractivity contribution < 1.29 is 0 Å². The predicted octanol–water partition coefficient (Wildman–Crippen LogP) is 3.12. The molecule has 0 aliphatic rings. The molecule has 0 saturated heterocycles. The third kappa shape index (κ3) is 3.05. The van der Waals surface area contributed by atoms with Crippen LogP contribution in [0.5, 0.6) is 0 Å². The van der Waals surface area contributed by atoms with Crippen molar-refractivity contribution in [3.8, 4) is 11.5 Å². The van der Waals surface area contributed by atoms with Gasteiger partial charge in [0.15, 0.2) is 11.6 Å². The minimum absolute atomic E-state index is 0.373. The van der Waals surface area contributed by atoms with Crippen LogP contribution in [-0.4, -0.2) is 25.8 Å². The molecule has 0 spiro atoms. The number of aromatic nitrogens is 4. The van der Waals surface area contributed by atoms with Gasteiger partial charge in [-0.3, -0.25) is 9.97 Å². The Hall–Kier alpha value is -3.67. The first-order valence-electron chi connectivity index (χ1n) is 7.74. The van der Waals surface area contributed by atoms with Gasteiger partial charge >= 0.3 is 0 Å². The van der Waals surface area contributed by atoms with Gasteiger partial charge in [0.25, 0.3) is 0 Å². The van der Waals surface area contributed by atoms with E-state index in [1.165, 1.54) is 0 Å². The summed E-state index contributed by atoms with van der Waals surface area (Å²) >= 11 is 0. The zero-order valence-corrected chi connectivity index (χ0v) is 13.2. The Morgan fingerprint density at radius 3 is 2.44 bits per heavy atom. The Kier molecular flexibility index (Phi) is 3.84. The van der Waals surface area contributed by atoms with Crippen LogP contribution in [-0.2, 0) is 0 Å². The van der Waals surface area contributed by atoms with E-state index in [1.807, 2.05) is 54.6 Å². The molecule has 0 amide bonds. The average Bonchev–Trinajstić information content (AvgIpc) is 2.69. The van der Waals surface area contributed by atoms with Crippen molar-refractivity contribution in [2.24, 2.45) is 10.7 Å². The first-order valence-corrected chi connectivity index (χ1v) is 7.74. The maximum atomic E-state index is 6.15. The summed E-state index contributed by atoms with van der Waals surface area (Å²) < 4.78 is 0. The highest BCUT2D eigenvalue weighted by Crippen LogP contribution is 2.26. The fourth-order valence-electron chi connectivity index (χ4n) is 2.46. The maximum absolute atomic E-state index is 6.15. The second-order valence-corrected chi connectivity index (χ2v) is 5.34. The number of pyridine rings is 2. The number of hydrogen-bond donors (Lipinski definition) is 1. The molecule has 2 N–H and O–H groups in total. The first-order chi connectivity index (χ1) is 12.3. The highest BCUT2D eigenvalue weighted by molar-refractivity contribution is 6.01. The van der Waals surface area contributed by atoms with Gasteiger partial charge in [-0.25, -0.2) is 15.0 Å². The number of amidine groups is 1. The van der Waals surface area contributed by atoms with Gasteiger partial charge in [-0.05, 0) is 36.4 Å². The van der Waals surface area contributed by atoms with Crippen molar-refractivity contribution in [1.29, 1.82) is 0 Å². The van der Waals surface area contributed by atoms with Crippen LogP contribution in [0, 0.1) is 0 Å². The van der Waals surface area contributed by atoms with E-state index >= 15 is 0 Å². The van der Waals surface area contributed by atoms with Gasteiger partial charge in [-0.2, -0.15) is 0 Å². The Labute approximate surface area is 144 Å². The molecule has 0 aliphatic carbocycles. The second-order valence-electron chi connectivity index (χ2n) is 5.34. The Morgan fingerprint density at radius 2 is 1.64 bits per heavy atom. The maximum Gasteiger partial charge on any atom is 0.180 e. The summed E-state index contributed by atoms with van der Waals surface area (Å²) in [5, 5.41) is 0.833. The number of aliphatic imine (C=N–C) groups is 1. The average molecular weight is 326 g/mol. The van der Waals surface area contributed by atoms with Crippen molar-refractivity contribution in [2.45, 2.75) is 0 Å². The van der Waals surface area contributed by atoms with Crippen LogP contribution in [0.15, 0.2) is 78.2 Å². The van der Waals surface area contributed by atoms with Crippen LogP contribution in [0.4, 0.5) is 5.82 Å². The SMILES string of the molecule is NC(=Nc1nc(-c2ccccn2)nc2ccccc12)c1ccncc1. The molecule has 0 saturated carbocycles. The van der Waals surface area contributed by atoms with Gasteiger partial charge in [-0.15, -0.1) is 0 Å². The van der Waals surface area contributed by atoms with Crippen LogP contribution in [0.25, 0.3) is 22.4 Å². The number of benzene rings is 1. The molecule has 0 bridgehead atoms. The lowest BCUT2D eigenvalue weighted by atomic mass is 10.2. The standard InChI is InChI=1S/C19H14N6/c20-17(13-8-11-21-12-9-13)24-18-14-5-1-2-6-15(14)23-19(25-18)16-7-3-4-10-22-16/h1-12H,(H2,20,23,24,25). The Bertz CT molecular complexity index is 1050. The molecule has 25 heavy (non-hydrogen) atoms. The molecule has 0 atom stereocenters. The van der Waals surface area contributed by atoms with Gasteiger partial charge in [-0.1, -0.05) is 18.2 Å². The van der Waals surface area contributed by atoms with Crippen molar-refractivity contribution in [1.82, 2.24) is 19.9 Å². The number of nitrogens with two attached hydrogens (primary N) is 1. The van der Waals surface area contributed by atoms with Crippen LogP contribution >= 0.6 is 0 Å². The molecular formula is C19H14N6. The minimum Gasteiger partial charge on any atom is -0.383 e. The molecule has 4 aromatic rings. The van der Waals surface area contributed by atoms with E-state index in [0.717, 1.165) is 16.5 Å². The van der Waals surface area contributed by atoms with E-state index < -0.39 is 0 Å². The predicted molar refractivity (Wildman–Crippen MR) is 97.4 cm³/mol. The summed E-state index contributed by atoms with van der Waals surface area (Å²) in [5.41, 5.74) is 8.42. The molecule has 3 heterocycles. The molecule has 0 aliphatic heterocycles. The zero-order valence-electron chi connectivity index (χ0n) is 13.2. The van der Waals surface area contributed by atoms with E-state index in [-0.39, 0.29) is 0 Å². The van der Waals surface area contributed by atoms with Crippen molar-refractivity contribution in [3.05, 3.63) is 78.8 Å². The number of rotatable bonds is 3. The largest absolute Gasteiger partial charge is 0.383 e. The molecule has 6 nitrogen and oxygen atoms in total. The number of para-hydroxylation sites is 1. The van der Waals surface area contributed by atoms with Gasteiger partial charge in [0.1, 0.15) is 11.5 Å². The molecule has 0 fully saturated rings. The number of hydrogen-bond acceptors (Lipinski definition) is 5. The fourth-order valence-corrected chi connectivity index (χ4v) is 2.46. The Morgan fingerprint density at radius 1 is 0.840 bits per heavy atom. The fraction of sp³-hybridized carbons (Fsp3) is 0. The van der Waals surface area contributed by atoms with Gasteiger partial charge < -0.3 is 5.73 Å². The lowest BCUT2D eigenvalue weighted by molar-refractivity contribution is 1.16. The third-order valence-corrected chi connectivity index (χ3v) is 3.68. The van der Waals surface area contributed by atoms with Gasteiger partial charge in [0.05, 0.1) is 5.52 Å². The summed E-state index contributed by atoms with van der Waals surface area (Å²) in [5.74, 6) is 1.40. The normalized spacial score (nSPS) is 11.6. The van der Waals surface area contributed by atoms with Crippen LogP contribution in [0.2, 0.25) is 0 Å². The molecule has 3 aromatic heterocycles.